The van der Waals surface area contributed by atoms with Crippen molar-refractivity contribution in [2.24, 2.45) is 5.92 Å². The van der Waals surface area contributed by atoms with Gasteiger partial charge < -0.3 is 10.2 Å². The molecule has 3 saturated heterocycles. The minimum atomic E-state index is -0.00229. The SMILES string of the molecule is O=C(N[C@H]1CN2CCC1CC2)c1sc(Cl)cc1Br. The average Bonchev–Trinajstić information content (AvgIpc) is 2.70. The molecule has 3 fully saturated rings. The average molecular weight is 350 g/mol. The van der Waals surface area contributed by atoms with Crippen LogP contribution in [0.15, 0.2) is 10.5 Å². The third kappa shape index (κ3) is 2.46. The number of carbonyl (C=O) groups excluding carboxylic acids is 1. The first-order valence-electron chi connectivity index (χ1n) is 6.11. The summed E-state index contributed by atoms with van der Waals surface area (Å²) in [5.41, 5.74) is 0. The van der Waals surface area contributed by atoms with E-state index in [0.29, 0.717) is 21.2 Å². The number of fused-ring (bicyclic) bond motifs is 3. The Morgan fingerprint density at radius 3 is 2.72 bits per heavy atom. The fraction of sp³-hybridized carbons (Fsp3) is 0.583. The van der Waals surface area contributed by atoms with Crippen molar-refractivity contribution in [2.45, 2.75) is 18.9 Å². The maximum atomic E-state index is 12.2. The van der Waals surface area contributed by atoms with E-state index in [0.717, 1.165) is 11.0 Å². The van der Waals surface area contributed by atoms with Gasteiger partial charge in [0.2, 0.25) is 0 Å². The van der Waals surface area contributed by atoms with Crippen LogP contribution in [0.2, 0.25) is 4.34 Å². The summed E-state index contributed by atoms with van der Waals surface area (Å²) in [6, 6.07) is 2.07. The first kappa shape index (κ1) is 12.9. The Kier molecular flexibility index (Phi) is 3.67. The number of amides is 1. The van der Waals surface area contributed by atoms with Gasteiger partial charge >= 0.3 is 0 Å². The summed E-state index contributed by atoms with van der Waals surface area (Å²) in [5, 5.41) is 3.16. The summed E-state index contributed by atoms with van der Waals surface area (Å²) in [6.07, 6.45) is 2.41. The first-order chi connectivity index (χ1) is 8.63. The molecule has 2 bridgehead atoms. The number of piperidine rings is 3. The maximum Gasteiger partial charge on any atom is 0.262 e. The lowest BCUT2D eigenvalue weighted by molar-refractivity contribution is 0.0622. The van der Waals surface area contributed by atoms with E-state index in [1.165, 1.54) is 37.3 Å². The van der Waals surface area contributed by atoms with Crippen LogP contribution in [-0.4, -0.2) is 36.5 Å². The second-order valence-corrected chi connectivity index (χ2v) is 7.48. The number of nitrogens with zero attached hydrogens (tertiary/aromatic N) is 1. The highest BCUT2D eigenvalue weighted by atomic mass is 79.9. The molecule has 0 unspecified atom stereocenters. The van der Waals surface area contributed by atoms with E-state index in [9.17, 15) is 4.79 Å². The molecule has 1 amide bonds. The highest BCUT2D eigenvalue weighted by Crippen LogP contribution is 2.32. The maximum absolute atomic E-state index is 12.2. The molecule has 4 rings (SSSR count). The van der Waals surface area contributed by atoms with E-state index in [1.807, 2.05) is 0 Å². The molecule has 0 spiro atoms. The third-order valence-corrected chi connectivity index (χ3v) is 5.99. The molecule has 0 saturated carbocycles. The van der Waals surface area contributed by atoms with Crippen molar-refractivity contribution in [3.63, 3.8) is 0 Å². The summed E-state index contributed by atoms with van der Waals surface area (Å²) in [5.74, 6) is 0.644. The van der Waals surface area contributed by atoms with Crippen LogP contribution in [0, 0.1) is 5.92 Å². The fourth-order valence-corrected chi connectivity index (χ4v) is 4.81. The second kappa shape index (κ2) is 5.12. The van der Waals surface area contributed by atoms with Gasteiger partial charge in [0.05, 0.1) is 4.34 Å². The summed E-state index contributed by atoms with van der Waals surface area (Å²) < 4.78 is 1.43. The lowest BCUT2D eigenvalue weighted by Gasteiger charge is -2.44. The molecule has 3 aliphatic rings. The monoisotopic (exact) mass is 348 g/mol. The molecule has 0 radical (unpaired) electrons. The predicted molar refractivity (Wildman–Crippen MR) is 77.4 cm³/mol. The zero-order valence-electron chi connectivity index (χ0n) is 9.79. The van der Waals surface area contributed by atoms with E-state index in [2.05, 4.69) is 26.1 Å². The lowest BCUT2D eigenvalue weighted by atomic mass is 9.84. The van der Waals surface area contributed by atoms with Gasteiger partial charge in [-0.05, 0) is 53.8 Å². The van der Waals surface area contributed by atoms with Crippen molar-refractivity contribution in [1.29, 1.82) is 0 Å². The quantitative estimate of drug-likeness (QED) is 0.890. The highest BCUT2D eigenvalue weighted by Gasteiger charge is 2.35. The molecule has 98 valence electrons. The molecule has 1 N–H and O–H groups in total. The number of hydrogen-bond acceptors (Lipinski definition) is 3. The van der Waals surface area contributed by atoms with Crippen LogP contribution in [0.1, 0.15) is 22.5 Å². The molecular weight excluding hydrogens is 336 g/mol. The number of nitrogens with one attached hydrogen (secondary N) is 1. The molecule has 0 aliphatic carbocycles. The van der Waals surface area contributed by atoms with Gasteiger partial charge in [-0.15, -0.1) is 11.3 Å². The number of hydrogen-bond donors (Lipinski definition) is 1. The van der Waals surface area contributed by atoms with Gasteiger partial charge in [0.15, 0.2) is 0 Å². The van der Waals surface area contributed by atoms with Gasteiger partial charge in [-0.2, -0.15) is 0 Å². The predicted octanol–water partition coefficient (Wildman–Crippen LogP) is 2.99. The Morgan fingerprint density at radius 1 is 1.50 bits per heavy atom. The molecule has 1 aromatic heterocycles. The summed E-state index contributed by atoms with van der Waals surface area (Å²) in [6.45, 7) is 3.37. The summed E-state index contributed by atoms with van der Waals surface area (Å²) in [7, 11) is 0. The normalized spacial score (nSPS) is 30.4. The van der Waals surface area contributed by atoms with E-state index in [4.69, 9.17) is 11.6 Å². The van der Waals surface area contributed by atoms with Crippen LogP contribution < -0.4 is 5.32 Å². The van der Waals surface area contributed by atoms with Crippen molar-refractivity contribution in [3.05, 3.63) is 19.8 Å². The van der Waals surface area contributed by atoms with Gasteiger partial charge in [0, 0.05) is 17.1 Å². The Balaban J connectivity index is 1.69. The van der Waals surface area contributed by atoms with E-state index < -0.39 is 0 Å². The van der Waals surface area contributed by atoms with Crippen molar-refractivity contribution in [1.82, 2.24) is 10.2 Å². The van der Waals surface area contributed by atoms with Gasteiger partial charge in [-0.25, -0.2) is 0 Å². The molecule has 18 heavy (non-hydrogen) atoms. The van der Waals surface area contributed by atoms with Crippen molar-refractivity contribution in [2.75, 3.05) is 19.6 Å². The van der Waals surface area contributed by atoms with Crippen LogP contribution in [0.3, 0.4) is 0 Å². The zero-order valence-corrected chi connectivity index (χ0v) is 12.9. The van der Waals surface area contributed by atoms with E-state index in [1.54, 1.807) is 6.07 Å². The Hall–Kier alpha value is -0.100. The Morgan fingerprint density at radius 2 is 2.22 bits per heavy atom. The molecule has 0 aromatic carbocycles. The van der Waals surface area contributed by atoms with E-state index in [-0.39, 0.29) is 5.91 Å². The molecule has 4 heterocycles. The number of halogens is 2. The van der Waals surface area contributed by atoms with Gasteiger partial charge in [0.25, 0.3) is 5.91 Å². The molecule has 3 nitrogen and oxygen atoms in total. The Bertz CT molecular complexity index is 471. The smallest absolute Gasteiger partial charge is 0.262 e. The fourth-order valence-electron chi connectivity index (χ4n) is 2.86. The number of rotatable bonds is 2. The standard InChI is InChI=1S/C12H14BrClN2OS/c13-8-5-10(14)18-11(8)12(17)15-9-6-16-3-1-7(9)2-4-16/h5,7,9H,1-4,6H2,(H,15,17)/t9-/m0/s1. The van der Waals surface area contributed by atoms with Crippen LogP contribution >= 0.6 is 38.9 Å². The van der Waals surface area contributed by atoms with Crippen molar-refractivity contribution < 1.29 is 4.79 Å². The van der Waals surface area contributed by atoms with Crippen LogP contribution in [-0.2, 0) is 0 Å². The van der Waals surface area contributed by atoms with E-state index >= 15 is 0 Å². The second-order valence-electron chi connectivity index (χ2n) is 4.95. The first-order valence-corrected chi connectivity index (χ1v) is 8.10. The molecular formula is C12H14BrClN2OS. The zero-order chi connectivity index (χ0) is 12.7. The summed E-state index contributed by atoms with van der Waals surface area (Å²) >= 11 is 10.6. The van der Waals surface area contributed by atoms with Crippen molar-refractivity contribution in [3.8, 4) is 0 Å². The molecule has 1 aromatic rings. The third-order valence-electron chi connectivity index (χ3n) is 3.84. The highest BCUT2D eigenvalue weighted by molar-refractivity contribution is 9.10. The largest absolute Gasteiger partial charge is 0.347 e. The van der Waals surface area contributed by atoms with Crippen LogP contribution in [0.5, 0.6) is 0 Å². The Labute approximate surface area is 124 Å². The summed E-state index contributed by atoms with van der Waals surface area (Å²) in [4.78, 5) is 15.3. The van der Waals surface area contributed by atoms with Crippen LogP contribution in [0.4, 0.5) is 0 Å². The van der Waals surface area contributed by atoms with Gasteiger partial charge in [-0.3, -0.25) is 4.79 Å². The van der Waals surface area contributed by atoms with Gasteiger partial charge in [0.1, 0.15) is 4.88 Å². The minimum Gasteiger partial charge on any atom is -0.347 e. The van der Waals surface area contributed by atoms with Crippen molar-refractivity contribution >= 4 is 44.8 Å². The van der Waals surface area contributed by atoms with Gasteiger partial charge in [-0.1, -0.05) is 11.6 Å². The number of thiophene rings is 1. The van der Waals surface area contributed by atoms with Crippen LogP contribution in [0.25, 0.3) is 0 Å². The number of carbonyl (C=O) groups is 1. The lowest BCUT2D eigenvalue weighted by Crippen LogP contribution is -2.57. The minimum absolute atomic E-state index is 0.00229. The molecule has 1 atom stereocenters. The molecule has 3 aliphatic heterocycles. The molecule has 6 heteroatoms. The topological polar surface area (TPSA) is 32.3 Å².